The van der Waals surface area contributed by atoms with Crippen LogP contribution in [-0.2, 0) is 13.5 Å². The minimum Gasteiger partial charge on any atom is -0.356 e. The lowest BCUT2D eigenvalue weighted by atomic mass is 9.93. The number of nitrogens with zero attached hydrogens (tertiary/aromatic N) is 6. The molecule has 0 unspecified atom stereocenters. The molecule has 0 aliphatic carbocycles. The van der Waals surface area contributed by atoms with Crippen molar-refractivity contribution in [2.24, 2.45) is 7.05 Å². The van der Waals surface area contributed by atoms with E-state index < -0.39 is 0 Å². The molecular formula is C18H23N7O. The normalized spacial score (nSPS) is 15.7. The highest BCUT2D eigenvalue weighted by Crippen LogP contribution is 2.31. The number of hydrogen-bond donors (Lipinski definition) is 1. The second-order valence-electron chi connectivity index (χ2n) is 6.84. The molecule has 8 nitrogen and oxygen atoms in total. The number of anilines is 1. The Hall–Kier alpha value is -2.77. The van der Waals surface area contributed by atoms with E-state index in [2.05, 4.69) is 31.9 Å². The Labute approximate surface area is 151 Å². The van der Waals surface area contributed by atoms with Crippen LogP contribution in [0.3, 0.4) is 0 Å². The van der Waals surface area contributed by atoms with Crippen LogP contribution in [-0.4, -0.2) is 42.8 Å². The molecular weight excluding hydrogens is 330 g/mol. The minimum absolute atomic E-state index is 0.0737. The van der Waals surface area contributed by atoms with Crippen LogP contribution in [0.4, 0.5) is 5.82 Å². The first-order valence-corrected chi connectivity index (χ1v) is 9.06. The molecule has 0 bridgehead atoms. The number of aromatic nitrogens is 6. The molecule has 0 spiro atoms. The maximum atomic E-state index is 11.7. The molecule has 0 saturated carbocycles. The highest BCUT2D eigenvalue weighted by Gasteiger charge is 2.25. The van der Waals surface area contributed by atoms with Crippen molar-refractivity contribution in [2.45, 2.75) is 39.0 Å². The zero-order valence-corrected chi connectivity index (χ0v) is 15.4. The lowest BCUT2D eigenvalue weighted by molar-refractivity contribution is 0.492. The highest BCUT2D eigenvalue weighted by molar-refractivity contribution is 5.87. The van der Waals surface area contributed by atoms with E-state index in [0.29, 0.717) is 11.7 Å². The molecule has 1 fully saturated rings. The van der Waals surface area contributed by atoms with Gasteiger partial charge in [0, 0.05) is 38.5 Å². The Morgan fingerprint density at radius 2 is 2.00 bits per heavy atom. The van der Waals surface area contributed by atoms with E-state index in [-0.39, 0.29) is 5.56 Å². The maximum absolute atomic E-state index is 11.7. The van der Waals surface area contributed by atoms with Crippen LogP contribution in [0.2, 0.25) is 0 Å². The molecule has 0 amide bonds. The third kappa shape index (κ3) is 2.95. The van der Waals surface area contributed by atoms with Crippen molar-refractivity contribution in [1.82, 2.24) is 29.7 Å². The molecule has 1 aliphatic rings. The second kappa shape index (κ2) is 6.51. The van der Waals surface area contributed by atoms with Crippen LogP contribution in [0.25, 0.3) is 11.0 Å². The second-order valence-corrected chi connectivity index (χ2v) is 6.84. The van der Waals surface area contributed by atoms with Gasteiger partial charge in [-0.3, -0.25) is 9.48 Å². The van der Waals surface area contributed by atoms with Crippen molar-refractivity contribution in [2.75, 3.05) is 18.0 Å². The van der Waals surface area contributed by atoms with Crippen LogP contribution >= 0.6 is 0 Å². The smallest absolute Gasteiger partial charge is 0.251 e. The number of nitrogens with one attached hydrogen (secondary N) is 1. The Bertz CT molecular complexity index is 998. The van der Waals surface area contributed by atoms with Gasteiger partial charge in [-0.05, 0) is 19.8 Å². The fourth-order valence-electron chi connectivity index (χ4n) is 3.65. The van der Waals surface area contributed by atoms with Crippen LogP contribution in [0.15, 0.2) is 17.1 Å². The predicted octanol–water partition coefficient (Wildman–Crippen LogP) is 1.70. The molecule has 0 aromatic carbocycles. The number of rotatable bonds is 3. The van der Waals surface area contributed by atoms with Gasteiger partial charge in [-0.1, -0.05) is 6.92 Å². The summed E-state index contributed by atoms with van der Waals surface area (Å²) in [5, 5.41) is 5.34. The first-order chi connectivity index (χ1) is 12.5. The Kier molecular flexibility index (Phi) is 4.18. The van der Waals surface area contributed by atoms with Crippen LogP contribution < -0.4 is 10.5 Å². The van der Waals surface area contributed by atoms with Gasteiger partial charge in [-0.15, -0.1) is 0 Å². The summed E-state index contributed by atoms with van der Waals surface area (Å²) in [4.78, 5) is 30.7. The molecule has 1 aliphatic heterocycles. The van der Waals surface area contributed by atoms with Crippen molar-refractivity contribution in [1.29, 1.82) is 0 Å². The fourth-order valence-corrected chi connectivity index (χ4v) is 3.65. The summed E-state index contributed by atoms with van der Waals surface area (Å²) in [5.74, 6) is 2.79. The molecule has 4 heterocycles. The molecule has 0 radical (unpaired) electrons. The molecule has 136 valence electrons. The van der Waals surface area contributed by atoms with E-state index in [1.54, 1.807) is 10.7 Å². The van der Waals surface area contributed by atoms with Gasteiger partial charge < -0.3 is 9.88 Å². The topological polar surface area (TPSA) is 92.6 Å². The average Bonchev–Trinajstić information content (AvgIpc) is 3.01. The zero-order chi connectivity index (χ0) is 18.3. The summed E-state index contributed by atoms with van der Waals surface area (Å²) in [6.07, 6.45) is 4.53. The van der Waals surface area contributed by atoms with Gasteiger partial charge in [0.05, 0.1) is 17.3 Å². The quantitative estimate of drug-likeness (QED) is 0.770. The standard InChI is InChI=1S/C18H23N7O/c1-4-15-22-17-13(10-19-24(17)3)18(23-15)25-7-5-12(6-8-25)14-9-16(26)21-11(2)20-14/h9-10,12H,4-8H2,1-3H3,(H,20,21,26). The average molecular weight is 353 g/mol. The lowest BCUT2D eigenvalue weighted by Gasteiger charge is -2.33. The molecule has 26 heavy (non-hydrogen) atoms. The van der Waals surface area contributed by atoms with Gasteiger partial charge in [-0.2, -0.15) is 5.10 Å². The molecule has 4 rings (SSSR count). The van der Waals surface area contributed by atoms with E-state index in [1.807, 2.05) is 20.2 Å². The van der Waals surface area contributed by atoms with Gasteiger partial charge >= 0.3 is 0 Å². The molecule has 1 N–H and O–H groups in total. The first-order valence-electron chi connectivity index (χ1n) is 9.06. The third-order valence-corrected chi connectivity index (χ3v) is 5.03. The Morgan fingerprint density at radius 3 is 2.69 bits per heavy atom. The minimum atomic E-state index is -0.0737. The third-order valence-electron chi connectivity index (χ3n) is 5.03. The molecule has 8 heteroatoms. The van der Waals surface area contributed by atoms with Gasteiger partial charge in [0.25, 0.3) is 5.56 Å². The van der Waals surface area contributed by atoms with Crippen molar-refractivity contribution in [3.63, 3.8) is 0 Å². The van der Waals surface area contributed by atoms with Crippen LogP contribution in [0, 0.1) is 6.92 Å². The summed E-state index contributed by atoms with van der Waals surface area (Å²) in [7, 11) is 1.91. The van der Waals surface area contributed by atoms with Crippen molar-refractivity contribution >= 4 is 16.9 Å². The Balaban J connectivity index is 1.60. The van der Waals surface area contributed by atoms with E-state index in [1.165, 1.54) is 0 Å². The van der Waals surface area contributed by atoms with Crippen molar-refractivity contribution in [3.8, 4) is 0 Å². The number of aromatic amines is 1. The van der Waals surface area contributed by atoms with Crippen LogP contribution in [0.1, 0.15) is 43.0 Å². The van der Waals surface area contributed by atoms with Crippen molar-refractivity contribution in [3.05, 3.63) is 40.0 Å². The summed E-state index contributed by atoms with van der Waals surface area (Å²) >= 11 is 0. The van der Waals surface area contributed by atoms with E-state index in [9.17, 15) is 4.79 Å². The fraction of sp³-hybridized carbons (Fsp3) is 0.500. The number of fused-ring (bicyclic) bond motifs is 1. The summed E-state index contributed by atoms with van der Waals surface area (Å²) < 4.78 is 1.80. The SMILES string of the molecule is CCc1nc(N2CCC(c3cc(=O)[nH]c(C)n3)CC2)c2cnn(C)c2n1. The number of piperidine rings is 1. The van der Waals surface area contributed by atoms with E-state index >= 15 is 0 Å². The molecule has 1 saturated heterocycles. The summed E-state index contributed by atoms with van der Waals surface area (Å²) in [5.41, 5.74) is 1.70. The first kappa shape index (κ1) is 16.7. The molecule has 3 aromatic rings. The van der Waals surface area contributed by atoms with Crippen LogP contribution in [0.5, 0.6) is 0 Å². The van der Waals surface area contributed by atoms with Gasteiger partial charge in [0.1, 0.15) is 17.5 Å². The monoisotopic (exact) mass is 353 g/mol. The van der Waals surface area contributed by atoms with Crippen molar-refractivity contribution < 1.29 is 0 Å². The summed E-state index contributed by atoms with van der Waals surface area (Å²) in [6.45, 7) is 5.64. The van der Waals surface area contributed by atoms with Gasteiger partial charge in [0.15, 0.2) is 5.65 Å². The molecule has 3 aromatic heterocycles. The number of H-pyrrole nitrogens is 1. The maximum Gasteiger partial charge on any atom is 0.251 e. The van der Waals surface area contributed by atoms with E-state index in [4.69, 9.17) is 4.98 Å². The van der Waals surface area contributed by atoms with E-state index in [0.717, 1.165) is 60.7 Å². The molecule has 0 atom stereocenters. The summed E-state index contributed by atoms with van der Waals surface area (Å²) in [6, 6.07) is 1.63. The number of aryl methyl sites for hydroxylation is 3. The lowest BCUT2D eigenvalue weighted by Crippen LogP contribution is -2.34. The van der Waals surface area contributed by atoms with Gasteiger partial charge in [0.2, 0.25) is 0 Å². The Morgan fingerprint density at radius 1 is 1.23 bits per heavy atom. The van der Waals surface area contributed by atoms with Gasteiger partial charge in [-0.25, -0.2) is 15.0 Å². The predicted molar refractivity (Wildman–Crippen MR) is 99.5 cm³/mol. The zero-order valence-electron chi connectivity index (χ0n) is 15.4. The number of hydrogen-bond acceptors (Lipinski definition) is 6. The highest BCUT2D eigenvalue weighted by atomic mass is 16.1. The largest absolute Gasteiger partial charge is 0.356 e.